The summed E-state index contributed by atoms with van der Waals surface area (Å²) in [6.07, 6.45) is 1.42. The third-order valence-electron chi connectivity index (χ3n) is 2.95. The zero-order valence-electron chi connectivity index (χ0n) is 11.6. The van der Waals surface area contributed by atoms with Gasteiger partial charge < -0.3 is 10.3 Å². The van der Waals surface area contributed by atoms with Crippen LogP contribution in [0.15, 0.2) is 33.8 Å². The van der Waals surface area contributed by atoms with Gasteiger partial charge in [-0.2, -0.15) is 0 Å². The first-order valence-electron chi connectivity index (χ1n) is 6.53. The number of H-pyrrole nitrogens is 2. The number of hydrogen-bond donors (Lipinski definition) is 3. The zero-order chi connectivity index (χ0) is 15.5. The number of nitrogens with one attached hydrogen (secondary N) is 3. The van der Waals surface area contributed by atoms with Gasteiger partial charge in [0, 0.05) is 4.88 Å². The number of fused-ring (bicyclic) bond motifs is 1. The average Bonchev–Trinajstić information content (AvgIpc) is 3.15. The number of nitrogens with zero attached hydrogens (tertiary/aromatic N) is 2. The van der Waals surface area contributed by atoms with Gasteiger partial charge in [-0.05, 0) is 18.4 Å². The Morgan fingerprint density at radius 1 is 1.55 bits per heavy atom. The van der Waals surface area contributed by atoms with Crippen LogP contribution in [0.25, 0.3) is 11.2 Å². The van der Waals surface area contributed by atoms with Crippen LogP contribution in [0, 0.1) is 0 Å². The second kappa shape index (κ2) is 6.32. The van der Waals surface area contributed by atoms with Gasteiger partial charge in [0.15, 0.2) is 16.3 Å². The minimum Gasteiger partial charge on any atom is -0.350 e. The molecule has 0 aliphatic rings. The summed E-state index contributed by atoms with van der Waals surface area (Å²) in [5, 5.41) is 4.83. The molecule has 3 aromatic rings. The molecule has 0 fully saturated rings. The molecule has 0 aliphatic heterocycles. The third kappa shape index (κ3) is 3.20. The van der Waals surface area contributed by atoms with Crippen molar-refractivity contribution >= 4 is 40.2 Å². The molecule has 22 heavy (non-hydrogen) atoms. The number of hydrogen-bond acceptors (Lipinski definition) is 6. The average molecular weight is 335 g/mol. The molecule has 1 amide bonds. The molecule has 0 aromatic carbocycles. The van der Waals surface area contributed by atoms with Gasteiger partial charge in [-0.1, -0.05) is 17.8 Å². The van der Waals surface area contributed by atoms with Crippen LogP contribution < -0.4 is 10.9 Å². The van der Waals surface area contributed by atoms with Gasteiger partial charge in [0.25, 0.3) is 5.56 Å². The van der Waals surface area contributed by atoms with Gasteiger partial charge >= 0.3 is 0 Å². The predicted molar refractivity (Wildman–Crippen MR) is 86.0 cm³/mol. The number of amides is 1. The first-order valence-corrected chi connectivity index (χ1v) is 8.29. The lowest BCUT2D eigenvalue weighted by molar-refractivity contribution is -0.120. The van der Waals surface area contributed by atoms with Crippen molar-refractivity contribution in [3.8, 4) is 0 Å². The SMILES string of the molecule is C[C@@H](Sc1nc2nc[nH]c2c(=O)[nH]1)C(=O)NCc1cccs1. The maximum atomic E-state index is 12.1. The van der Waals surface area contributed by atoms with Crippen LogP contribution in [0.5, 0.6) is 0 Å². The van der Waals surface area contributed by atoms with Crippen molar-refractivity contribution in [2.75, 3.05) is 0 Å². The first-order chi connectivity index (χ1) is 10.6. The van der Waals surface area contributed by atoms with Gasteiger partial charge in [0.05, 0.1) is 18.1 Å². The predicted octanol–water partition coefficient (Wildman–Crippen LogP) is 1.50. The maximum absolute atomic E-state index is 12.1. The number of aromatic nitrogens is 4. The third-order valence-corrected chi connectivity index (χ3v) is 4.81. The van der Waals surface area contributed by atoms with E-state index in [1.807, 2.05) is 17.5 Å². The topological polar surface area (TPSA) is 104 Å². The molecule has 114 valence electrons. The fourth-order valence-electron chi connectivity index (χ4n) is 1.83. The Labute approximate surface area is 133 Å². The number of carbonyl (C=O) groups is 1. The minimum atomic E-state index is -0.375. The molecule has 3 N–H and O–H groups in total. The highest BCUT2D eigenvalue weighted by molar-refractivity contribution is 8.00. The van der Waals surface area contributed by atoms with Crippen molar-refractivity contribution in [3.05, 3.63) is 39.1 Å². The highest BCUT2D eigenvalue weighted by Gasteiger charge is 2.16. The Morgan fingerprint density at radius 2 is 2.41 bits per heavy atom. The number of carbonyl (C=O) groups excluding carboxylic acids is 1. The summed E-state index contributed by atoms with van der Waals surface area (Å²) in [4.78, 5) is 38.5. The smallest absolute Gasteiger partial charge is 0.277 e. The lowest BCUT2D eigenvalue weighted by atomic mass is 10.4. The van der Waals surface area contributed by atoms with E-state index in [4.69, 9.17) is 0 Å². The molecular formula is C13H13N5O2S2. The molecule has 0 saturated heterocycles. The summed E-state index contributed by atoms with van der Waals surface area (Å²) in [7, 11) is 0. The van der Waals surface area contributed by atoms with Crippen molar-refractivity contribution in [1.82, 2.24) is 25.3 Å². The number of aromatic amines is 2. The van der Waals surface area contributed by atoms with Crippen LogP contribution in [0.4, 0.5) is 0 Å². The molecule has 0 aliphatic carbocycles. The molecular weight excluding hydrogens is 322 g/mol. The second-order valence-electron chi connectivity index (χ2n) is 4.53. The maximum Gasteiger partial charge on any atom is 0.277 e. The molecule has 0 spiro atoms. The lowest BCUT2D eigenvalue weighted by Gasteiger charge is -2.10. The normalized spacial score (nSPS) is 12.4. The van der Waals surface area contributed by atoms with E-state index in [1.54, 1.807) is 18.3 Å². The summed E-state index contributed by atoms with van der Waals surface area (Å²) in [5.41, 5.74) is 0.382. The largest absolute Gasteiger partial charge is 0.350 e. The van der Waals surface area contributed by atoms with Crippen molar-refractivity contribution in [2.24, 2.45) is 0 Å². The Kier molecular flexibility index (Phi) is 4.25. The Bertz CT molecular complexity index is 840. The van der Waals surface area contributed by atoms with Gasteiger partial charge in [0.1, 0.15) is 0 Å². The van der Waals surface area contributed by atoms with Crippen molar-refractivity contribution in [2.45, 2.75) is 23.9 Å². The van der Waals surface area contributed by atoms with Gasteiger partial charge in [-0.3, -0.25) is 14.6 Å². The van der Waals surface area contributed by atoms with E-state index < -0.39 is 0 Å². The summed E-state index contributed by atoms with van der Waals surface area (Å²) < 4.78 is 0. The monoisotopic (exact) mass is 335 g/mol. The molecule has 3 rings (SSSR count). The van der Waals surface area contributed by atoms with E-state index in [2.05, 4.69) is 25.3 Å². The Balaban J connectivity index is 1.65. The number of thioether (sulfide) groups is 1. The van der Waals surface area contributed by atoms with Crippen LogP contribution in [0.3, 0.4) is 0 Å². The number of rotatable bonds is 5. The molecule has 3 heterocycles. The van der Waals surface area contributed by atoms with E-state index in [0.717, 1.165) is 4.88 Å². The van der Waals surface area contributed by atoms with Crippen LogP contribution in [0.2, 0.25) is 0 Å². The van der Waals surface area contributed by atoms with Gasteiger partial charge in [-0.15, -0.1) is 11.3 Å². The Hall–Kier alpha value is -2.13. The number of imidazole rings is 1. The Morgan fingerprint density at radius 3 is 3.18 bits per heavy atom. The highest BCUT2D eigenvalue weighted by atomic mass is 32.2. The molecule has 7 nitrogen and oxygen atoms in total. The molecule has 0 unspecified atom stereocenters. The number of thiophene rings is 1. The fraction of sp³-hybridized carbons (Fsp3) is 0.231. The van der Waals surface area contributed by atoms with Crippen LogP contribution in [0.1, 0.15) is 11.8 Å². The van der Waals surface area contributed by atoms with E-state index in [0.29, 0.717) is 22.9 Å². The molecule has 0 radical (unpaired) electrons. The summed E-state index contributed by atoms with van der Waals surface area (Å²) in [6.45, 7) is 2.27. The van der Waals surface area contributed by atoms with Crippen molar-refractivity contribution < 1.29 is 4.79 Å². The summed E-state index contributed by atoms with van der Waals surface area (Å²) in [5.74, 6) is -0.108. The highest BCUT2D eigenvalue weighted by Crippen LogP contribution is 2.19. The first kappa shape index (κ1) is 14.8. The van der Waals surface area contributed by atoms with Crippen LogP contribution in [-0.4, -0.2) is 31.1 Å². The summed E-state index contributed by atoms with van der Waals surface area (Å²) >= 11 is 2.78. The standard InChI is InChI=1S/C13H13N5O2S2/c1-7(11(19)14-5-8-3-2-4-21-8)22-13-17-10-9(12(20)18-13)15-6-16-10/h2-4,6-7H,5H2,1H3,(H,14,19)(H2,15,16,17,18,20)/t7-/m1/s1. The molecule has 1 atom stereocenters. The molecule has 0 bridgehead atoms. The molecule has 3 aromatic heterocycles. The van der Waals surface area contributed by atoms with E-state index in [9.17, 15) is 9.59 Å². The zero-order valence-corrected chi connectivity index (χ0v) is 13.3. The van der Waals surface area contributed by atoms with Crippen molar-refractivity contribution in [1.29, 1.82) is 0 Å². The fourth-order valence-corrected chi connectivity index (χ4v) is 3.29. The summed E-state index contributed by atoms with van der Waals surface area (Å²) in [6, 6.07) is 3.91. The molecule has 0 saturated carbocycles. The minimum absolute atomic E-state index is 0.108. The van der Waals surface area contributed by atoms with Gasteiger partial charge in [-0.25, -0.2) is 9.97 Å². The lowest BCUT2D eigenvalue weighted by Crippen LogP contribution is -2.30. The van der Waals surface area contributed by atoms with Crippen LogP contribution >= 0.6 is 23.1 Å². The van der Waals surface area contributed by atoms with E-state index in [-0.39, 0.29) is 16.7 Å². The van der Waals surface area contributed by atoms with Gasteiger partial charge in [0.2, 0.25) is 5.91 Å². The van der Waals surface area contributed by atoms with E-state index >= 15 is 0 Å². The van der Waals surface area contributed by atoms with Crippen molar-refractivity contribution in [3.63, 3.8) is 0 Å². The molecule has 9 heteroatoms. The second-order valence-corrected chi connectivity index (χ2v) is 6.89. The van der Waals surface area contributed by atoms with E-state index in [1.165, 1.54) is 18.1 Å². The van der Waals surface area contributed by atoms with Crippen LogP contribution in [-0.2, 0) is 11.3 Å². The quantitative estimate of drug-likeness (QED) is 0.484.